The molecule has 0 spiro atoms. The van der Waals surface area contributed by atoms with Gasteiger partial charge in [-0.2, -0.15) is 0 Å². The van der Waals surface area contributed by atoms with Crippen molar-refractivity contribution in [3.63, 3.8) is 0 Å². The second kappa shape index (κ2) is 7.91. The highest BCUT2D eigenvalue weighted by molar-refractivity contribution is 5.94. The van der Waals surface area contributed by atoms with E-state index >= 15 is 0 Å². The topological polar surface area (TPSA) is 73.4 Å². The molecule has 0 radical (unpaired) electrons. The van der Waals surface area contributed by atoms with E-state index < -0.39 is 0 Å². The summed E-state index contributed by atoms with van der Waals surface area (Å²) in [6, 6.07) is 10.9. The molecule has 0 aliphatic rings. The first-order valence-electron chi connectivity index (χ1n) is 8.64. The molecule has 3 aromatic rings. The van der Waals surface area contributed by atoms with Gasteiger partial charge in [-0.05, 0) is 49.7 Å². The molecule has 0 saturated carbocycles. The van der Waals surface area contributed by atoms with Crippen molar-refractivity contribution in [2.75, 3.05) is 20.3 Å². The van der Waals surface area contributed by atoms with Gasteiger partial charge in [0.05, 0.1) is 36.9 Å². The Morgan fingerprint density at radius 2 is 1.96 bits per heavy atom. The summed E-state index contributed by atoms with van der Waals surface area (Å²) in [5.74, 6) is 1.71. The third-order valence-corrected chi connectivity index (χ3v) is 3.89. The highest BCUT2D eigenvalue weighted by atomic mass is 16.5. The zero-order valence-corrected chi connectivity index (χ0v) is 15.2. The monoisotopic (exact) mass is 354 g/mol. The Hall–Kier alpha value is -3.02. The lowest BCUT2D eigenvalue weighted by Crippen LogP contribution is -2.05. The van der Waals surface area contributed by atoms with Gasteiger partial charge >= 0.3 is 5.97 Å². The molecule has 136 valence electrons. The summed E-state index contributed by atoms with van der Waals surface area (Å²) in [7, 11) is 1.61. The molecular formula is C20H22N2O4. The van der Waals surface area contributed by atoms with E-state index in [0.29, 0.717) is 36.1 Å². The van der Waals surface area contributed by atoms with Crippen molar-refractivity contribution in [2.45, 2.75) is 20.3 Å². The number of fused-ring (bicyclic) bond motifs is 1. The van der Waals surface area contributed by atoms with E-state index in [-0.39, 0.29) is 5.97 Å². The Morgan fingerprint density at radius 1 is 1.12 bits per heavy atom. The van der Waals surface area contributed by atoms with Crippen LogP contribution in [-0.4, -0.2) is 36.3 Å². The Labute approximate surface area is 152 Å². The Bertz CT molecular complexity index is 917. The second-order valence-electron chi connectivity index (χ2n) is 5.75. The van der Waals surface area contributed by atoms with E-state index in [1.54, 1.807) is 19.2 Å². The van der Waals surface area contributed by atoms with Crippen molar-refractivity contribution in [1.29, 1.82) is 0 Å². The van der Waals surface area contributed by atoms with Crippen LogP contribution in [0.1, 0.15) is 30.6 Å². The molecule has 0 amide bonds. The van der Waals surface area contributed by atoms with Gasteiger partial charge in [0.25, 0.3) is 0 Å². The third kappa shape index (κ3) is 3.64. The Morgan fingerprint density at radius 3 is 2.69 bits per heavy atom. The number of hydrogen-bond acceptors (Lipinski definition) is 5. The first-order chi connectivity index (χ1) is 12.7. The summed E-state index contributed by atoms with van der Waals surface area (Å²) in [5, 5.41) is 0. The van der Waals surface area contributed by atoms with Crippen molar-refractivity contribution >= 4 is 17.0 Å². The maximum atomic E-state index is 12.0. The summed E-state index contributed by atoms with van der Waals surface area (Å²) in [6.45, 7) is 4.87. The molecule has 6 heteroatoms. The number of carbonyl (C=O) groups excluding carboxylic acids is 1. The van der Waals surface area contributed by atoms with Gasteiger partial charge in [0.1, 0.15) is 5.82 Å². The molecule has 1 N–H and O–H groups in total. The van der Waals surface area contributed by atoms with Crippen molar-refractivity contribution in [1.82, 2.24) is 9.97 Å². The van der Waals surface area contributed by atoms with Crippen LogP contribution >= 0.6 is 0 Å². The van der Waals surface area contributed by atoms with Gasteiger partial charge in [-0.25, -0.2) is 9.78 Å². The lowest BCUT2D eigenvalue weighted by atomic mass is 10.2. The number of aromatic nitrogens is 2. The molecule has 0 atom stereocenters. The van der Waals surface area contributed by atoms with Gasteiger partial charge in [-0.15, -0.1) is 0 Å². The lowest BCUT2D eigenvalue weighted by molar-refractivity contribution is 0.0505. The van der Waals surface area contributed by atoms with Gasteiger partial charge in [0.2, 0.25) is 0 Å². The van der Waals surface area contributed by atoms with Gasteiger partial charge in [0.15, 0.2) is 11.5 Å². The number of nitrogens with one attached hydrogen (secondary N) is 1. The molecule has 26 heavy (non-hydrogen) atoms. The molecular weight excluding hydrogens is 332 g/mol. The minimum absolute atomic E-state index is 0.326. The molecule has 1 aromatic heterocycles. The quantitative estimate of drug-likeness (QED) is 0.644. The molecule has 0 saturated heterocycles. The summed E-state index contributed by atoms with van der Waals surface area (Å²) >= 11 is 0. The summed E-state index contributed by atoms with van der Waals surface area (Å²) in [6.07, 6.45) is 0.793. The molecule has 0 aliphatic heterocycles. The highest BCUT2D eigenvalue weighted by Gasteiger charge is 2.13. The van der Waals surface area contributed by atoms with Crippen molar-refractivity contribution in [3.05, 3.63) is 42.0 Å². The van der Waals surface area contributed by atoms with Gasteiger partial charge in [0, 0.05) is 5.56 Å². The number of aromatic amines is 1. The smallest absolute Gasteiger partial charge is 0.338 e. The van der Waals surface area contributed by atoms with Crippen LogP contribution in [0.25, 0.3) is 22.4 Å². The number of ether oxygens (including phenoxy) is 3. The van der Waals surface area contributed by atoms with E-state index in [1.165, 1.54) is 0 Å². The molecule has 6 nitrogen and oxygen atoms in total. The predicted octanol–water partition coefficient (Wildman–Crippen LogP) is 4.20. The first kappa shape index (κ1) is 17.8. The van der Waals surface area contributed by atoms with E-state index in [4.69, 9.17) is 14.2 Å². The number of nitrogens with zero attached hydrogens (tertiary/aromatic N) is 1. The number of hydrogen-bond donors (Lipinski definition) is 1. The minimum atomic E-state index is -0.326. The van der Waals surface area contributed by atoms with E-state index in [0.717, 1.165) is 23.0 Å². The lowest BCUT2D eigenvalue weighted by Gasteiger charge is -2.09. The largest absolute Gasteiger partial charge is 0.493 e. The van der Waals surface area contributed by atoms with Crippen LogP contribution < -0.4 is 9.47 Å². The van der Waals surface area contributed by atoms with Crippen LogP contribution in [0.3, 0.4) is 0 Å². The average Bonchev–Trinajstić information content (AvgIpc) is 3.09. The number of imidazole rings is 1. The summed E-state index contributed by atoms with van der Waals surface area (Å²) < 4.78 is 16.1. The molecule has 0 unspecified atom stereocenters. The van der Waals surface area contributed by atoms with E-state index in [9.17, 15) is 4.79 Å². The summed E-state index contributed by atoms with van der Waals surface area (Å²) in [4.78, 5) is 19.9. The normalized spacial score (nSPS) is 10.7. The van der Waals surface area contributed by atoms with Crippen LogP contribution in [0.4, 0.5) is 0 Å². The maximum absolute atomic E-state index is 12.0. The average molecular weight is 354 g/mol. The third-order valence-electron chi connectivity index (χ3n) is 3.89. The molecule has 3 rings (SSSR count). The fraction of sp³-hybridized carbons (Fsp3) is 0.300. The second-order valence-corrected chi connectivity index (χ2v) is 5.75. The van der Waals surface area contributed by atoms with E-state index in [2.05, 4.69) is 9.97 Å². The van der Waals surface area contributed by atoms with Crippen molar-refractivity contribution in [3.8, 4) is 22.9 Å². The number of carbonyl (C=O) groups is 1. The SMILES string of the molecule is CCCOC(=O)c1ccc2nc(-c3ccc(OCC)c(OC)c3)[nH]c2c1. The van der Waals surface area contributed by atoms with Crippen LogP contribution in [0.2, 0.25) is 0 Å². The fourth-order valence-corrected chi connectivity index (χ4v) is 2.64. The number of rotatable bonds is 7. The molecule has 0 bridgehead atoms. The molecule has 2 aromatic carbocycles. The minimum Gasteiger partial charge on any atom is -0.493 e. The zero-order chi connectivity index (χ0) is 18.5. The Balaban J connectivity index is 1.92. The first-order valence-corrected chi connectivity index (χ1v) is 8.64. The van der Waals surface area contributed by atoms with Crippen molar-refractivity contribution < 1.29 is 19.0 Å². The van der Waals surface area contributed by atoms with Gasteiger partial charge in [-0.1, -0.05) is 6.92 Å². The maximum Gasteiger partial charge on any atom is 0.338 e. The summed E-state index contributed by atoms with van der Waals surface area (Å²) in [5.41, 5.74) is 2.93. The number of methoxy groups -OCH3 is 1. The standard InChI is InChI=1S/C20H22N2O4/c1-4-10-26-20(23)14-6-8-15-16(11-14)22-19(21-15)13-7-9-17(25-5-2)18(12-13)24-3/h6-9,11-12H,4-5,10H2,1-3H3,(H,21,22). The molecule has 0 aliphatic carbocycles. The van der Waals surface area contributed by atoms with Crippen LogP contribution in [0.5, 0.6) is 11.5 Å². The van der Waals surface area contributed by atoms with Crippen molar-refractivity contribution in [2.24, 2.45) is 0 Å². The van der Waals surface area contributed by atoms with Crippen LogP contribution in [0, 0.1) is 0 Å². The predicted molar refractivity (Wildman–Crippen MR) is 99.8 cm³/mol. The number of H-pyrrole nitrogens is 1. The zero-order valence-electron chi connectivity index (χ0n) is 15.2. The Kier molecular flexibility index (Phi) is 5.41. The van der Waals surface area contributed by atoms with Crippen LogP contribution in [-0.2, 0) is 4.74 Å². The molecule has 1 heterocycles. The molecule has 0 fully saturated rings. The van der Waals surface area contributed by atoms with Crippen LogP contribution in [0.15, 0.2) is 36.4 Å². The fourth-order valence-electron chi connectivity index (χ4n) is 2.64. The van der Waals surface area contributed by atoms with Gasteiger partial charge < -0.3 is 19.2 Å². The van der Waals surface area contributed by atoms with Gasteiger partial charge in [-0.3, -0.25) is 0 Å². The van der Waals surface area contributed by atoms with E-state index in [1.807, 2.05) is 38.1 Å². The number of esters is 1. The highest BCUT2D eigenvalue weighted by Crippen LogP contribution is 2.32. The number of benzene rings is 2.